The van der Waals surface area contributed by atoms with E-state index in [4.69, 9.17) is 0 Å². The maximum atomic E-state index is 12.4. The molecule has 1 amide bonds. The van der Waals surface area contributed by atoms with Crippen LogP contribution in [0, 0.1) is 0 Å². The van der Waals surface area contributed by atoms with Gasteiger partial charge in [0.1, 0.15) is 12.1 Å². The fourth-order valence-corrected chi connectivity index (χ4v) is 4.64. The second-order valence-corrected chi connectivity index (χ2v) is 7.91. The lowest BCUT2D eigenvalue weighted by atomic mass is 10.0. The van der Waals surface area contributed by atoms with Crippen molar-refractivity contribution in [2.75, 3.05) is 11.5 Å². The molecule has 1 aliphatic heterocycles. The van der Waals surface area contributed by atoms with Gasteiger partial charge in [0.25, 0.3) is 5.91 Å². The van der Waals surface area contributed by atoms with E-state index in [1.807, 2.05) is 0 Å². The van der Waals surface area contributed by atoms with Crippen LogP contribution in [0.25, 0.3) is 5.82 Å². The highest BCUT2D eigenvalue weighted by Gasteiger charge is 2.39. The van der Waals surface area contributed by atoms with Gasteiger partial charge in [-0.2, -0.15) is 0 Å². The van der Waals surface area contributed by atoms with Crippen LogP contribution in [0.1, 0.15) is 23.7 Å². The number of carbonyl (C=O) groups excluding carboxylic acids is 1. The van der Waals surface area contributed by atoms with Crippen LogP contribution < -0.4 is 5.32 Å². The number of hydrogen-bond acceptors (Lipinski definition) is 5. The van der Waals surface area contributed by atoms with E-state index in [0.717, 1.165) is 0 Å². The normalized spacial score (nSPS) is 23.3. The maximum absolute atomic E-state index is 12.4. The number of amides is 1. The Balaban J connectivity index is 1.80. The van der Waals surface area contributed by atoms with E-state index < -0.39 is 15.4 Å². The van der Waals surface area contributed by atoms with Gasteiger partial charge in [-0.1, -0.05) is 0 Å². The summed E-state index contributed by atoms with van der Waals surface area (Å²) in [6, 6.07) is 3.24. The minimum atomic E-state index is -3.06. The number of imidazole rings is 1. The van der Waals surface area contributed by atoms with E-state index in [1.165, 1.54) is 6.20 Å². The highest BCUT2D eigenvalue weighted by atomic mass is 32.2. The van der Waals surface area contributed by atoms with Gasteiger partial charge in [0.05, 0.1) is 17.0 Å². The van der Waals surface area contributed by atoms with E-state index in [9.17, 15) is 13.2 Å². The molecule has 3 rings (SSSR count). The average molecular weight is 320 g/mol. The Morgan fingerprint density at radius 3 is 2.86 bits per heavy atom. The van der Waals surface area contributed by atoms with Crippen LogP contribution in [0.3, 0.4) is 0 Å². The zero-order chi connectivity index (χ0) is 15.8. The minimum absolute atomic E-state index is 0.0226. The van der Waals surface area contributed by atoms with E-state index >= 15 is 0 Å². The highest BCUT2D eigenvalue weighted by Crippen LogP contribution is 2.23. The van der Waals surface area contributed by atoms with Crippen molar-refractivity contribution in [2.45, 2.75) is 18.9 Å². The fraction of sp³-hybridized carbons (Fsp3) is 0.357. The molecule has 0 saturated carbocycles. The zero-order valence-electron chi connectivity index (χ0n) is 12.1. The molecule has 1 N–H and O–H groups in total. The molecule has 0 unspecified atom stereocenters. The number of carbonyl (C=O) groups is 1. The molecule has 7 nitrogen and oxygen atoms in total. The molecule has 1 aliphatic rings. The molecule has 0 aromatic carbocycles. The molecule has 0 aliphatic carbocycles. The van der Waals surface area contributed by atoms with E-state index in [-0.39, 0.29) is 17.4 Å². The van der Waals surface area contributed by atoms with Crippen molar-refractivity contribution < 1.29 is 13.2 Å². The number of pyridine rings is 1. The smallest absolute Gasteiger partial charge is 0.251 e. The van der Waals surface area contributed by atoms with E-state index in [2.05, 4.69) is 15.3 Å². The standard InChI is InChI=1S/C14H16N4O3S/c1-14(3-7-22(20,21)9-14)17-13(19)11-2-4-16-12(8-11)18-6-5-15-10-18/h2,4-6,8,10H,3,7,9H2,1H3,(H,17,19)/t14-/m0/s1. The van der Waals surface area contributed by atoms with Crippen LogP contribution in [0.2, 0.25) is 0 Å². The molecular formula is C14H16N4O3S. The average Bonchev–Trinajstić information content (AvgIpc) is 3.07. The molecular weight excluding hydrogens is 304 g/mol. The molecule has 1 saturated heterocycles. The predicted molar refractivity (Wildman–Crippen MR) is 80.5 cm³/mol. The van der Waals surface area contributed by atoms with Gasteiger partial charge in [-0.3, -0.25) is 9.36 Å². The molecule has 0 radical (unpaired) electrons. The van der Waals surface area contributed by atoms with Gasteiger partial charge in [0.2, 0.25) is 0 Å². The lowest BCUT2D eigenvalue weighted by Crippen LogP contribution is -2.46. The zero-order valence-corrected chi connectivity index (χ0v) is 12.9. The van der Waals surface area contributed by atoms with Gasteiger partial charge in [-0.25, -0.2) is 18.4 Å². The maximum Gasteiger partial charge on any atom is 0.251 e. The largest absolute Gasteiger partial charge is 0.346 e. The van der Waals surface area contributed by atoms with Crippen molar-refractivity contribution in [1.29, 1.82) is 0 Å². The van der Waals surface area contributed by atoms with Gasteiger partial charge in [0, 0.05) is 24.2 Å². The molecule has 2 aromatic rings. The van der Waals surface area contributed by atoms with Gasteiger partial charge in [-0.15, -0.1) is 0 Å². The van der Waals surface area contributed by atoms with Crippen molar-refractivity contribution in [1.82, 2.24) is 19.9 Å². The summed E-state index contributed by atoms with van der Waals surface area (Å²) < 4.78 is 24.9. The van der Waals surface area contributed by atoms with Gasteiger partial charge in [-0.05, 0) is 25.5 Å². The molecule has 8 heteroatoms. The molecule has 0 spiro atoms. The van der Waals surface area contributed by atoms with Crippen LogP contribution in [-0.2, 0) is 9.84 Å². The third-order valence-electron chi connectivity index (χ3n) is 3.70. The third-order valence-corrected chi connectivity index (χ3v) is 5.60. The molecule has 2 aromatic heterocycles. The highest BCUT2D eigenvalue weighted by molar-refractivity contribution is 7.91. The van der Waals surface area contributed by atoms with E-state index in [0.29, 0.717) is 17.8 Å². The molecule has 116 valence electrons. The Bertz CT molecular complexity index is 801. The van der Waals surface area contributed by atoms with Crippen molar-refractivity contribution in [3.63, 3.8) is 0 Å². The van der Waals surface area contributed by atoms with Gasteiger partial charge in [0.15, 0.2) is 9.84 Å². The van der Waals surface area contributed by atoms with E-state index in [1.54, 1.807) is 42.3 Å². The number of nitrogens with one attached hydrogen (secondary N) is 1. The molecule has 0 bridgehead atoms. The number of nitrogens with zero attached hydrogens (tertiary/aromatic N) is 3. The lowest BCUT2D eigenvalue weighted by molar-refractivity contribution is 0.0915. The number of hydrogen-bond donors (Lipinski definition) is 1. The summed E-state index contributed by atoms with van der Waals surface area (Å²) >= 11 is 0. The number of aromatic nitrogens is 3. The second kappa shape index (κ2) is 5.20. The van der Waals surface area contributed by atoms with Crippen molar-refractivity contribution in [2.24, 2.45) is 0 Å². The summed E-state index contributed by atoms with van der Waals surface area (Å²) in [5, 5.41) is 2.83. The van der Waals surface area contributed by atoms with Gasteiger partial charge < -0.3 is 5.32 Å². The summed E-state index contributed by atoms with van der Waals surface area (Å²) in [4.78, 5) is 20.5. The third kappa shape index (κ3) is 3.01. The number of rotatable bonds is 3. The first-order valence-electron chi connectivity index (χ1n) is 6.84. The Labute approximate surface area is 128 Å². The fourth-order valence-electron chi connectivity index (χ4n) is 2.55. The monoisotopic (exact) mass is 320 g/mol. The Kier molecular flexibility index (Phi) is 3.48. The minimum Gasteiger partial charge on any atom is -0.346 e. The Hall–Kier alpha value is -2.22. The first kappa shape index (κ1) is 14.7. The first-order valence-corrected chi connectivity index (χ1v) is 8.66. The molecule has 1 fully saturated rings. The topological polar surface area (TPSA) is 93.9 Å². The second-order valence-electron chi connectivity index (χ2n) is 5.73. The van der Waals surface area contributed by atoms with Crippen LogP contribution in [0.5, 0.6) is 0 Å². The van der Waals surface area contributed by atoms with Crippen LogP contribution in [0.4, 0.5) is 0 Å². The van der Waals surface area contributed by atoms with Crippen molar-refractivity contribution >= 4 is 15.7 Å². The van der Waals surface area contributed by atoms with Crippen LogP contribution in [0.15, 0.2) is 37.1 Å². The molecule has 3 heterocycles. The van der Waals surface area contributed by atoms with Crippen LogP contribution >= 0.6 is 0 Å². The summed E-state index contributed by atoms with van der Waals surface area (Å²) in [5.74, 6) is 0.365. The van der Waals surface area contributed by atoms with Gasteiger partial charge >= 0.3 is 0 Å². The van der Waals surface area contributed by atoms with Crippen LogP contribution in [-0.4, -0.2) is 45.9 Å². The Morgan fingerprint density at radius 1 is 1.41 bits per heavy atom. The SMILES string of the molecule is C[C@]1(NC(=O)c2ccnc(-n3ccnc3)c2)CCS(=O)(=O)C1. The first-order chi connectivity index (χ1) is 10.4. The van der Waals surface area contributed by atoms with Crippen molar-refractivity contribution in [3.8, 4) is 5.82 Å². The summed E-state index contributed by atoms with van der Waals surface area (Å²) in [6.07, 6.45) is 6.92. The quantitative estimate of drug-likeness (QED) is 0.892. The summed E-state index contributed by atoms with van der Waals surface area (Å²) in [7, 11) is -3.06. The Morgan fingerprint density at radius 2 is 2.23 bits per heavy atom. The number of sulfone groups is 1. The lowest BCUT2D eigenvalue weighted by Gasteiger charge is -2.23. The molecule has 22 heavy (non-hydrogen) atoms. The van der Waals surface area contributed by atoms with Crippen molar-refractivity contribution in [3.05, 3.63) is 42.6 Å². The summed E-state index contributed by atoms with van der Waals surface area (Å²) in [5.41, 5.74) is -0.279. The summed E-state index contributed by atoms with van der Waals surface area (Å²) in [6.45, 7) is 1.76. The predicted octanol–water partition coefficient (Wildman–Crippen LogP) is 0.574. The molecule has 1 atom stereocenters.